The molecule has 0 aliphatic carbocycles. The van der Waals surface area contributed by atoms with E-state index in [9.17, 15) is 4.79 Å². The van der Waals surface area contributed by atoms with Crippen LogP contribution in [-0.4, -0.2) is 50.8 Å². The van der Waals surface area contributed by atoms with Crippen LogP contribution < -0.4 is 25.0 Å². The highest BCUT2D eigenvalue weighted by Gasteiger charge is 2.24. The Hall–Kier alpha value is -2.84. The number of thiazole rings is 1. The number of hydrogen-bond donors (Lipinski definition) is 2. The first-order valence-electron chi connectivity index (χ1n) is 10.2. The number of benzene rings is 2. The number of carbonyl (C=O) groups excluding carboxylic acids is 1. The summed E-state index contributed by atoms with van der Waals surface area (Å²) in [5.74, 6) is 1.35. The van der Waals surface area contributed by atoms with Gasteiger partial charge in [-0.25, -0.2) is 4.98 Å². The van der Waals surface area contributed by atoms with Gasteiger partial charge in [0.1, 0.15) is 17.0 Å². The Bertz CT molecular complexity index is 1080. The number of methoxy groups -OCH3 is 1. The number of nitrogens with zero attached hydrogens (tertiary/aromatic N) is 2. The van der Waals surface area contributed by atoms with E-state index in [1.165, 1.54) is 0 Å². The third kappa shape index (κ3) is 3.57. The molecule has 2 aliphatic rings. The maximum Gasteiger partial charge on any atom is 0.251 e. The van der Waals surface area contributed by atoms with Gasteiger partial charge in [0.2, 0.25) is 0 Å². The number of anilines is 1. The number of nitrogens with one attached hydrogen (secondary N) is 2. The molecule has 1 aromatic heterocycles. The minimum absolute atomic E-state index is 0.0676. The van der Waals surface area contributed by atoms with Crippen molar-refractivity contribution in [3.05, 3.63) is 47.5 Å². The Kier molecular flexibility index (Phi) is 5.18. The maximum atomic E-state index is 13.1. The molecule has 30 heavy (non-hydrogen) atoms. The molecule has 8 heteroatoms. The highest BCUT2D eigenvalue weighted by Crippen LogP contribution is 2.36. The molecular formula is C22H24N4O3S. The van der Waals surface area contributed by atoms with Crippen LogP contribution in [0.5, 0.6) is 11.5 Å². The number of para-hydroxylation sites is 1. The average molecular weight is 425 g/mol. The summed E-state index contributed by atoms with van der Waals surface area (Å²) >= 11 is 1.61. The lowest BCUT2D eigenvalue weighted by Crippen LogP contribution is -2.43. The van der Waals surface area contributed by atoms with Gasteiger partial charge in [-0.05, 0) is 18.2 Å². The van der Waals surface area contributed by atoms with Crippen molar-refractivity contribution in [3.8, 4) is 11.5 Å². The molecule has 3 aromatic rings. The van der Waals surface area contributed by atoms with Crippen molar-refractivity contribution in [2.75, 3.05) is 44.8 Å². The van der Waals surface area contributed by atoms with Crippen LogP contribution in [0.3, 0.4) is 0 Å². The van der Waals surface area contributed by atoms with Crippen molar-refractivity contribution in [2.45, 2.75) is 12.5 Å². The fourth-order valence-corrected chi connectivity index (χ4v) is 5.07. The van der Waals surface area contributed by atoms with E-state index in [2.05, 4.69) is 15.5 Å². The summed E-state index contributed by atoms with van der Waals surface area (Å²) in [6.07, 6.45) is 0.746. The van der Waals surface area contributed by atoms with E-state index in [1.807, 2.05) is 30.3 Å². The van der Waals surface area contributed by atoms with E-state index >= 15 is 0 Å². The quantitative estimate of drug-likeness (QED) is 0.671. The molecule has 5 rings (SSSR count). The number of amides is 1. The highest BCUT2D eigenvalue weighted by atomic mass is 32.1. The second kappa shape index (κ2) is 8.12. The molecular weight excluding hydrogens is 400 g/mol. The second-order valence-corrected chi connectivity index (χ2v) is 8.47. The van der Waals surface area contributed by atoms with Crippen LogP contribution in [0.2, 0.25) is 0 Å². The first-order valence-corrected chi connectivity index (χ1v) is 11.0. The van der Waals surface area contributed by atoms with Crippen LogP contribution >= 0.6 is 11.3 Å². The summed E-state index contributed by atoms with van der Waals surface area (Å²) in [5.41, 5.74) is 2.41. The molecule has 1 atom stereocenters. The Labute approximate surface area is 179 Å². The van der Waals surface area contributed by atoms with Crippen molar-refractivity contribution < 1.29 is 14.3 Å². The van der Waals surface area contributed by atoms with E-state index in [0.717, 1.165) is 59.3 Å². The lowest BCUT2D eigenvalue weighted by Gasteiger charge is -2.26. The zero-order valence-corrected chi connectivity index (χ0v) is 17.6. The summed E-state index contributed by atoms with van der Waals surface area (Å²) in [6, 6.07) is 11.5. The highest BCUT2D eigenvalue weighted by molar-refractivity contribution is 7.22. The maximum absolute atomic E-state index is 13.1. The first-order chi connectivity index (χ1) is 14.7. The van der Waals surface area contributed by atoms with Gasteiger partial charge in [-0.1, -0.05) is 29.5 Å². The minimum atomic E-state index is -0.117. The summed E-state index contributed by atoms with van der Waals surface area (Å²) < 4.78 is 12.2. The average Bonchev–Trinajstić information content (AvgIpc) is 3.23. The molecule has 0 saturated carbocycles. The Morgan fingerprint density at radius 3 is 2.97 bits per heavy atom. The van der Waals surface area contributed by atoms with E-state index < -0.39 is 0 Å². The fourth-order valence-electron chi connectivity index (χ4n) is 4.00. The zero-order valence-electron chi connectivity index (χ0n) is 16.8. The Balaban J connectivity index is 1.43. The Morgan fingerprint density at radius 2 is 2.13 bits per heavy atom. The molecule has 0 bridgehead atoms. The molecule has 3 heterocycles. The molecule has 156 valence electrons. The van der Waals surface area contributed by atoms with E-state index in [4.69, 9.17) is 14.5 Å². The van der Waals surface area contributed by atoms with Gasteiger partial charge in [0, 0.05) is 43.7 Å². The number of rotatable bonds is 4. The topological polar surface area (TPSA) is 75.7 Å². The summed E-state index contributed by atoms with van der Waals surface area (Å²) in [5, 5.41) is 7.50. The van der Waals surface area contributed by atoms with Crippen molar-refractivity contribution in [3.63, 3.8) is 0 Å². The molecule has 1 unspecified atom stereocenters. The van der Waals surface area contributed by atoms with Crippen LogP contribution in [0.15, 0.2) is 36.4 Å². The smallest absolute Gasteiger partial charge is 0.251 e. The lowest BCUT2D eigenvalue weighted by molar-refractivity contribution is 0.0924. The SMILES string of the molecule is COc1cc(C(=O)NC2CCOc3ccccc32)cc2sc(N3CCNCC3)nc12. The van der Waals surface area contributed by atoms with E-state index in [-0.39, 0.29) is 11.9 Å². The standard InChI is InChI=1S/C22H24N4O3S/c1-28-18-12-14(13-19-20(18)25-22(30-19)26-9-7-23-8-10-26)21(27)24-16-6-11-29-17-5-3-2-4-15(16)17/h2-5,12-13,16,23H,6-11H2,1H3,(H,24,27). The van der Waals surface area contributed by atoms with Gasteiger partial charge in [0.25, 0.3) is 5.91 Å². The minimum Gasteiger partial charge on any atom is -0.494 e. The molecule has 0 radical (unpaired) electrons. The fraction of sp³-hybridized carbons (Fsp3) is 0.364. The van der Waals surface area contributed by atoms with Crippen molar-refractivity contribution in [1.82, 2.24) is 15.6 Å². The van der Waals surface area contributed by atoms with Gasteiger partial charge in [0.15, 0.2) is 5.13 Å². The van der Waals surface area contributed by atoms with Crippen LogP contribution in [-0.2, 0) is 0 Å². The second-order valence-electron chi connectivity index (χ2n) is 7.46. The monoisotopic (exact) mass is 424 g/mol. The molecule has 1 amide bonds. The molecule has 0 spiro atoms. The van der Waals surface area contributed by atoms with Gasteiger partial charge in [-0.2, -0.15) is 0 Å². The largest absolute Gasteiger partial charge is 0.494 e. The van der Waals surface area contributed by atoms with E-state index in [0.29, 0.717) is 17.9 Å². The predicted molar refractivity (Wildman–Crippen MR) is 118 cm³/mol. The van der Waals surface area contributed by atoms with Gasteiger partial charge in [0.05, 0.1) is 24.5 Å². The van der Waals surface area contributed by atoms with E-state index in [1.54, 1.807) is 24.5 Å². The van der Waals surface area contributed by atoms with Gasteiger partial charge in [-0.3, -0.25) is 4.79 Å². The van der Waals surface area contributed by atoms with Crippen molar-refractivity contribution in [2.24, 2.45) is 0 Å². The van der Waals surface area contributed by atoms with Crippen LogP contribution in [0, 0.1) is 0 Å². The summed E-state index contributed by atoms with van der Waals surface area (Å²) in [6.45, 7) is 4.35. The number of aromatic nitrogens is 1. The number of hydrogen-bond acceptors (Lipinski definition) is 7. The van der Waals surface area contributed by atoms with Gasteiger partial charge >= 0.3 is 0 Å². The van der Waals surface area contributed by atoms with Crippen LogP contribution in [0.4, 0.5) is 5.13 Å². The first kappa shape index (κ1) is 19.1. The van der Waals surface area contributed by atoms with Gasteiger partial charge in [-0.15, -0.1) is 0 Å². The number of piperazine rings is 1. The van der Waals surface area contributed by atoms with Gasteiger partial charge < -0.3 is 25.0 Å². The normalized spacial score (nSPS) is 18.6. The number of carbonyl (C=O) groups is 1. The summed E-state index contributed by atoms with van der Waals surface area (Å²) in [4.78, 5) is 20.2. The predicted octanol–water partition coefficient (Wildman–Crippen LogP) is 2.97. The van der Waals surface area contributed by atoms with Crippen LogP contribution in [0.25, 0.3) is 10.2 Å². The molecule has 1 fully saturated rings. The number of ether oxygens (including phenoxy) is 2. The molecule has 2 N–H and O–H groups in total. The molecule has 1 saturated heterocycles. The van der Waals surface area contributed by atoms with Crippen LogP contribution in [0.1, 0.15) is 28.4 Å². The third-order valence-corrected chi connectivity index (χ3v) is 6.65. The summed E-state index contributed by atoms with van der Waals surface area (Å²) in [7, 11) is 1.62. The Morgan fingerprint density at radius 1 is 1.30 bits per heavy atom. The van der Waals surface area contributed by atoms with Crippen molar-refractivity contribution in [1.29, 1.82) is 0 Å². The zero-order chi connectivity index (χ0) is 20.5. The molecule has 7 nitrogen and oxygen atoms in total. The van der Waals surface area contributed by atoms with Crippen molar-refractivity contribution >= 4 is 32.6 Å². The number of fused-ring (bicyclic) bond motifs is 2. The molecule has 2 aliphatic heterocycles. The lowest BCUT2D eigenvalue weighted by atomic mass is 10.00. The molecule has 2 aromatic carbocycles. The third-order valence-electron chi connectivity index (χ3n) is 5.58.